The van der Waals surface area contributed by atoms with E-state index >= 15 is 0 Å². The largest absolute Gasteiger partial charge is 0.478 e. The summed E-state index contributed by atoms with van der Waals surface area (Å²) in [5.74, 6) is -0.894. The molecule has 16 heavy (non-hydrogen) atoms. The molecule has 0 amide bonds. The van der Waals surface area contributed by atoms with E-state index < -0.39 is 5.97 Å². The Morgan fingerprint density at radius 2 is 1.44 bits per heavy atom. The topological polar surface area (TPSA) is 37.3 Å². The summed E-state index contributed by atoms with van der Waals surface area (Å²) in [4.78, 5) is 11.0. The van der Waals surface area contributed by atoms with Crippen molar-refractivity contribution in [2.45, 2.75) is 0 Å². The van der Waals surface area contributed by atoms with Crippen LogP contribution in [0.1, 0.15) is 10.4 Å². The van der Waals surface area contributed by atoms with E-state index in [1.54, 1.807) is 12.1 Å². The van der Waals surface area contributed by atoms with E-state index in [2.05, 4.69) is 0 Å². The third kappa shape index (κ3) is 2.70. The summed E-state index contributed by atoms with van der Waals surface area (Å²) in [7, 11) is 0. The van der Waals surface area contributed by atoms with Crippen LogP contribution in [-0.4, -0.2) is 11.1 Å². The minimum Gasteiger partial charge on any atom is -0.478 e. The second-order valence-corrected chi connectivity index (χ2v) is 3.22. The smallest absolute Gasteiger partial charge is 0.336 e. The molecule has 0 bridgehead atoms. The van der Waals surface area contributed by atoms with Crippen LogP contribution >= 0.6 is 0 Å². The van der Waals surface area contributed by atoms with Crippen LogP contribution in [0.3, 0.4) is 0 Å². The van der Waals surface area contributed by atoms with Crippen LogP contribution in [0, 0.1) is 0 Å². The minimum absolute atomic E-state index is 0. The molecular formula is C13H10HgO2. The van der Waals surface area contributed by atoms with Crippen molar-refractivity contribution in [2.75, 3.05) is 0 Å². The fourth-order valence-electron chi connectivity index (χ4n) is 1.54. The van der Waals surface area contributed by atoms with Gasteiger partial charge in [0.1, 0.15) is 0 Å². The van der Waals surface area contributed by atoms with Crippen molar-refractivity contribution in [3.05, 3.63) is 60.2 Å². The average Bonchev–Trinajstić information content (AvgIpc) is 2.30. The molecule has 0 saturated heterocycles. The van der Waals surface area contributed by atoms with Crippen LogP contribution in [0.25, 0.3) is 11.1 Å². The van der Waals surface area contributed by atoms with Crippen molar-refractivity contribution in [3.8, 4) is 11.1 Å². The van der Waals surface area contributed by atoms with Crippen molar-refractivity contribution in [1.82, 2.24) is 0 Å². The van der Waals surface area contributed by atoms with Gasteiger partial charge in [0.2, 0.25) is 0 Å². The molecule has 0 radical (unpaired) electrons. The molecule has 0 aromatic heterocycles. The Morgan fingerprint density at radius 1 is 0.875 bits per heavy atom. The Hall–Kier alpha value is -1.15. The van der Waals surface area contributed by atoms with Crippen LogP contribution < -0.4 is 0 Å². The van der Waals surface area contributed by atoms with E-state index in [4.69, 9.17) is 5.11 Å². The Kier molecular flexibility index (Phi) is 4.68. The number of carboxylic acid groups (broad SMARTS) is 1. The van der Waals surface area contributed by atoms with Gasteiger partial charge in [0, 0.05) is 27.7 Å². The molecule has 2 nitrogen and oxygen atoms in total. The summed E-state index contributed by atoms with van der Waals surface area (Å²) in [6.07, 6.45) is 0. The van der Waals surface area contributed by atoms with E-state index in [0.717, 1.165) is 11.1 Å². The molecule has 2 aromatic rings. The van der Waals surface area contributed by atoms with Gasteiger partial charge in [-0.3, -0.25) is 0 Å². The second-order valence-electron chi connectivity index (χ2n) is 3.22. The molecule has 0 aliphatic heterocycles. The summed E-state index contributed by atoms with van der Waals surface area (Å²) in [5, 5.41) is 9.03. The molecule has 0 aliphatic carbocycles. The SMILES string of the molecule is O=C(O)c1ccccc1-c1ccccc1.[Hg]. The van der Waals surface area contributed by atoms with Gasteiger partial charge in [-0.2, -0.15) is 0 Å². The van der Waals surface area contributed by atoms with E-state index in [1.807, 2.05) is 42.5 Å². The first-order valence-electron chi connectivity index (χ1n) is 4.67. The molecule has 1 N–H and O–H groups in total. The van der Waals surface area contributed by atoms with Gasteiger partial charge in [-0.25, -0.2) is 4.79 Å². The number of benzene rings is 2. The van der Waals surface area contributed by atoms with Crippen molar-refractivity contribution in [2.24, 2.45) is 0 Å². The summed E-state index contributed by atoms with van der Waals surface area (Å²) in [6.45, 7) is 0. The molecule has 2 aromatic carbocycles. The van der Waals surface area contributed by atoms with E-state index in [9.17, 15) is 4.79 Å². The first-order chi connectivity index (χ1) is 7.29. The van der Waals surface area contributed by atoms with E-state index in [0.29, 0.717) is 5.56 Å². The van der Waals surface area contributed by atoms with Gasteiger partial charge >= 0.3 is 5.97 Å². The molecule has 76 valence electrons. The zero-order valence-electron chi connectivity index (χ0n) is 8.76. The van der Waals surface area contributed by atoms with Crippen LogP contribution in [0.15, 0.2) is 54.6 Å². The van der Waals surface area contributed by atoms with Gasteiger partial charge < -0.3 is 5.11 Å². The van der Waals surface area contributed by atoms with Crippen molar-refractivity contribution >= 4 is 5.97 Å². The fraction of sp³-hybridized carbons (Fsp3) is 0. The van der Waals surface area contributed by atoms with Crippen LogP contribution in [0.5, 0.6) is 0 Å². The van der Waals surface area contributed by atoms with Gasteiger partial charge in [0.05, 0.1) is 5.56 Å². The van der Waals surface area contributed by atoms with Crippen LogP contribution in [0.4, 0.5) is 0 Å². The summed E-state index contributed by atoms with van der Waals surface area (Å²) in [5.41, 5.74) is 2.02. The van der Waals surface area contributed by atoms with Crippen molar-refractivity contribution < 1.29 is 37.6 Å². The predicted molar refractivity (Wildman–Crippen MR) is 58.8 cm³/mol. The molecule has 0 fully saturated rings. The van der Waals surface area contributed by atoms with Crippen LogP contribution in [0.2, 0.25) is 0 Å². The van der Waals surface area contributed by atoms with Gasteiger partial charge in [0.15, 0.2) is 0 Å². The average molecular weight is 399 g/mol. The normalized spacial score (nSPS) is 9.25. The summed E-state index contributed by atoms with van der Waals surface area (Å²) < 4.78 is 0. The molecule has 0 saturated carbocycles. The number of rotatable bonds is 2. The molecule has 0 heterocycles. The van der Waals surface area contributed by atoms with Gasteiger partial charge in [-0.05, 0) is 17.2 Å². The number of carbonyl (C=O) groups is 1. The Labute approximate surface area is 114 Å². The summed E-state index contributed by atoms with van der Waals surface area (Å²) >= 11 is 0. The number of carboxylic acids is 1. The standard InChI is InChI=1S/C13H10O2.Hg/c14-13(15)12-9-5-4-8-11(12)10-6-2-1-3-7-10;/h1-9H,(H,14,15);. The number of hydrogen-bond donors (Lipinski definition) is 1. The maximum Gasteiger partial charge on any atom is 0.336 e. The molecular weight excluding hydrogens is 389 g/mol. The third-order valence-corrected chi connectivity index (χ3v) is 2.24. The third-order valence-electron chi connectivity index (χ3n) is 2.24. The molecule has 0 unspecified atom stereocenters. The first kappa shape index (κ1) is 12.9. The zero-order valence-corrected chi connectivity index (χ0v) is 14.3. The van der Waals surface area contributed by atoms with E-state index in [-0.39, 0.29) is 27.7 Å². The fourth-order valence-corrected chi connectivity index (χ4v) is 1.54. The Morgan fingerprint density at radius 3 is 2.06 bits per heavy atom. The zero-order chi connectivity index (χ0) is 10.7. The van der Waals surface area contributed by atoms with Crippen molar-refractivity contribution in [3.63, 3.8) is 0 Å². The number of hydrogen-bond acceptors (Lipinski definition) is 1. The van der Waals surface area contributed by atoms with Crippen LogP contribution in [-0.2, 0) is 27.7 Å². The molecule has 2 rings (SSSR count). The monoisotopic (exact) mass is 400 g/mol. The predicted octanol–water partition coefficient (Wildman–Crippen LogP) is 3.05. The Bertz CT molecular complexity index is 480. The summed E-state index contributed by atoms with van der Waals surface area (Å²) in [6, 6.07) is 16.5. The quantitative estimate of drug-likeness (QED) is 0.789. The molecule has 0 aliphatic rings. The van der Waals surface area contributed by atoms with E-state index in [1.165, 1.54) is 0 Å². The van der Waals surface area contributed by atoms with Gasteiger partial charge in [-0.15, -0.1) is 0 Å². The molecule has 3 heteroatoms. The second kappa shape index (κ2) is 5.80. The Balaban J connectivity index is 0.00000128. The van der Waals surface area contributed by atoms with Crippen molar-refractivity contribution in [1.29, 1.82) is 0 Å². The maximum absolute atomic E-state index is 11.0. The minimum atomic E-state index is -0.894. The molecule has 0 spiro atoms. The number of aromatic carboxylic acids is 1. The maximum atomic E-state index is 11.0. The van der Waals surface area contributed by atoms with Gasteiger partial charge in [0.25, 0.3) is 0 Å². The first-order valence-corrected chi connectivity index (χ1v) is 4.67. The molecule has 0 atom stereocenters. The van der Waals surface area contributed by atoms with Gasteiger partial charge in [-0.1, -0.05) is 48.5 Å².